The van der Waals surface area contributed by atoms with Gasteiger partial charge in [0.1, 0.15) is 11.4 Å². The van der Waals surface area contributed by atoms with Crippen LogP contribution in [0.15, 0.2) is 0 Å². The SMILES string of the molecule is CC(=O)OCC(=O)[C@@]1(O)[C@H](C)C[C@@H]2[C@H]3CC[C@@H]4CC(=O)CC[C@]4(C)[C@@H]3CC[C@@]21C. The quantitative estimate of drug-likeness (QED) is 0.725. The number of carbonyl (C=O) groups is 3. The number of Topliss-reactive ketones (excluding diaryl/α,β-unsaturated/α-hetero) is 2. The zero-order valence-electron chi connectivity index (χ0n) is 18.3. The summed E-state index contributed by atoms with van der Waals surface area (Å²) in [6.45, 7) is 7.44. The third-order valence-electron chi connectivity index (χ3n) is 9.89. The van der Waals surface area contributed by atoms with E-state index in [1.54, 1.807) is 0 Å². The molecule has 0 aromatic rings. The molecule has 0 unspecified atom stereocenters. The van der Waals surface area contributed by atoms with E-state index < -0.39 is 17.0 Å². The number of carbonyl (C=O) groups excluding carboxylic acids is 3. The molecule has 29 heavy (non-hydrogen) atoms. The molecule has 0 radical (unpaired) electrons. The van der Waals surface area contributed by atoms with Crippen LogP contribution in [-0.4, -0.2) is 34.9 Å². The van der Waals surface area contributed by atoms with Crippen LogP contribution < -0.4 is 0 Å². The minimum absolute atomic E-state index is 0.141. The van der Waals surface area contributed by atoms with Gasteiger partial charge in [-0.2, -0.15) is 0 Å². The Morgan fingerprint density at radius 1 is 1.14 bits per heavy atom. The molecule has 5 heteroatoms. The normalized spacial score (nSPS) is 49.0. The predicted molar refractivity (Wildman–Crippen MR) is 108 cm³/mol. The van der Waals surface area contributed by atoms with Crippen LogP contribution in [0.3, 0.4) is 0 Å². The molecule has 0 spiro atoms. The molecule has 0 aliphatic heterocycles. The number of ether oxygens (including phenoxy) is 1. The molecule has 162 valence electrons. The van der Waals surface area contributed by atoms with Crippen LogP contribution >= 0.6 is 0 Å². The molecule has 4 rings (SSSR count). The van der Waals surface area contributed by atoms with Crippen molar-refractivity contribution in [2.45, 2.75) is 84.7 Å². The summed E-state index contributed by atoms with van der Waals surface area (Å²) < 4.78 is 4.98. The smallest absolute Gasteiger partial charge is 0.303 e. The van der Waals surface area contributed by atoms with Gasteiger partial charge in [-0.25, -0.2) is 0 Å². The van der Waals surface area contributed by atoms with Crippen LogP contribution in [0, 0.1) is 40.4 Å². The van der Waals surface area contributed by atoms with E-state index in [-0.39, 0.29) is 23.7 Å². The Morgan fingerprint density at radius 2 is 1.86 bits per heavy atom. The summed E-state index contributed by atoms with van der Waals surface area (Å²) in [6.07, 6.45) is 7.30. The molecule has 8 atom stereocenters. The monoisotopic (exact) mass is 404 g/mol. The third-order valence-corrected chi connectivity index (χ3v) is 9.89. The fraction of sp³-hybridized carbons (Fsp3) is 0.875. The van der Waals surface area contributed by atoms with Gasteiger partial charge in [0.25, 0.3) is 0 Å². The maximum atomic E-state index is 13.1. The molecule has 0 aromatic heterocycles. The van der Waals surface area contributed by atoms with Crippen molar-refractivity contribution < 1.29 is 24.2 Å². The van der Waals surface area contributed by atoms with E-state index >= 15 is 0 Å². The number of hydrogen-bond acceptors (Lipinski definition) is 5. The van der Waals surface area contributed by atoms with Crippen LogP contribution in [0.4, 0.5) is 0 Å². The lowest BCUT2D eigenvalue weighted by atomic mass is 9.44. The molecule has 0 amide bonds. The summed E-state index contributed by atoms with van der Waals surface area (Å²) >= 11 is 0. The highest BCUT2D eigenvalue weighted by molar-refractivity contribution is 5.91. The Bertz CT molecular complexity index is 731. The first kappa shape index (κ1) is 21.0. The van der Waals surface area contributed by atoms with E-state index in [1.165, 1.54) is 6.92 Å². The van der Waals surface area contributed by atoms with E-state index in [2.05, 4.69) is 13.8 Å². The van der Waals surface area contributed by atoms with Gasteiger partial charge in [-0.3, -0.25) is 14.4 Å². The van der Waals surface area contributed by atoms with Crippen molar-refractivity contribution in [2.75, 3.05) is 6.61 Å². The summed E-state index contributed by atoms with van der Waals surface area (Å²) in [5, 5.41) is 11.7. The summed E-state index contributed by atoms with van der Waals surface area (Å²) in [5.74, 6) is 1.33. The van der Waals surface area contributed by atoms with E-state index in [9.17, 15) is 19.5 Å². The lowest BCUT2D eigenvalue weighted by Gasteiger charge is -2.60. The largest absolute Gasteiger partial charge is 0.458 e. The topological polar surface area (TPSA) is 80.7 Å². The molecule has 0 saturated heterocycles. The van der Waals surface area contributed by atoms with Gasteiger partial charge >= 0.3 is 5.97 Å². The van der Waals surface area contributed by atoms with Gasteiger partial charge in [0.2, 0.25) is 5.78 Å². The van der Waals surface area contributed by atoms with E-state index in [0.29, 0.717) is 35.9 Å². The van der Waals surface area contributed by atoms with Crippen molar-refractivity contribution in [1.82, 2.24) is 0 Å². The average molecular weight is 405 g/mol. The van der Waals surface area contributed by atoms with E-state index in [1.807, 2.05) is 6.92 Å². The van der Waals surface area contributed by atoms with E-state index in [4.69, 9.17) is 4.74 Å². The summed E-state index contributed by atoms with van der Waals surface area (Å²) in [5.41, 5.74) is -1.69. The maximum Gasteiger partial charge on any atom is 0.303 e. The number of hydrogen-bond donors (Lipinski definition) is 1. The molecule has 4 saturated carbocycles. The first-order valence-corrected chi connectivity index (χ1v) is 11.4. The fourth-order valence-corrected chi connectivity index (χ4v) is 8.26. The molecule has 4 aliphatic carbocycles. The van der Waals surface area contributed by atoms with Crippen molar-refractivity contribution in [2.24, 2.45) is 40.4 Å². The number of esters is 1. The zero-order chi connectivity index (χ0) is 21.2. The Balaban J connectivity index is 1.62. The van der Waals surface area contributed by atoms with Crippen LogP contribution in [0.25, 0.3) is 0 Å². The molecule has 4 fully saturated rings. The molecule has 0 aromatic carbocycles. The standard InChI is InChI=1S/C24H36O5/c1-14-11-20-18-6-5-16-12-17(26)7-9-22(16,3)19(18)8-10-23(20,4)24(14,28)21(27)13-29-15(2)25/h14,16,18-20,28H,5-13H2,1-4H3/t14-,16-,18+,19-,20-,22+,23+,24+/m1/s1. The van der Waals surface area contributed by atoms with Gasteiger partial charge in [0, 0.05) is 25.2 Å². The van der Waals surface area contributed by atoms with Crippen molar-refractivity contribution in [3.8, 4) is 0 Å². The maximum absolute atomic E-state index is 13.1. The minimum Gasteiger partial charge on any atom is -0.458 e. The number of rotatable bonds is 3. The zero-order valence-corrected chi connectivity index (χ0v) is 18.3. The molecule has 1 N–H and O–H groups in total. The van der Waals surface area contributed by atoms with Crippen LogP contribution in [-0.2, 0) is 19.1 Å². The number of ketones is 2. The van der Waals surface area contributed by atoms with Gasteiger partial charge in [0.15, 0.2) is 6.61 Å². The average Bonchev–Trinajstić information content (AvgIpc) is 2.88. The lowest BCUT2D eigenvalue weighted by molar-refractivity contribution is -0.179. The molecule has 4 aliphatic rings. The fourth-order valence-electron chi connectivity index (χ4n) is 8.26. The molecular weight excluding hydrogens is 368 g/mol. The van der Waals surface area contributed by atoms with Gasteiger partial charge in [0.05, 0.1) is 0 Å². The van der Waals surface area contributed by atoms with Gasteiger partial charge < -0.3 is 9.84 Å². The van der Waals surface area contributed by atoms with E-state index in [0.717, 1.165) is 44.9 Å². The number of fused-ring (bicyclic) bond motifs is 5. The first-order valence-electron chi connectivity index (χ1n) is 11.4. The van der Waals surface area contributed by atoms with Crippen molar-refractivity contribution >= 4 is 17.5 Å². The first-order chi connectivity index (χ1) is 13.5. The van der Waals surface area contributed by atoms with Crippen molar-refractivity contribution in [1.29, 1.82) is 0 Å². The van der Waals surface area contributed by atoms with Crippen LogP contribution in [0.2, 0.25) is 0 Å². The second-order valence-electron chi connectivity index (χ2n) is 11.0. The lowest BCUT2D eigenvalue weighted by Crippen LogP contribution is -2.60. The summed E-state index contributed by atoms with van der Waals surface area (Å²) in [7, 11) is 0. The molecule has 0 bridgehead atoms. The Labute approximate surface area is 174 Å². The summed E-state index contributed by atoms with van der Waals surface area (Å²) in [6, 6.07) is 0. The Hall–Kier alpha value is -1.23. The van der Waals surface area contributed by atoms with Gasteiger partial charge in [-0.1, -0.05) is 20.8 Å². The van der Waals surface area contributed by atoms with Crippen LogP contribution in [0.1, 0.15) is 79.1 Å². The second-order valence-corrected chi connectivity index (χ2v) is 11.0. The highest BCUT2D eigenvalue weighted by atomic mass is 16.5. The Morgan fingerprint density at radius 3 is 2.55 bits per heavy atom. The van der Waals surface area contributed by atoms with Crippen molar-refractivity contribution in [3.63, 3.8) is 0 Å². The second kappa shape index (κ2) is 6.90. The number of aliphatic hydroxyl groups is 1. The third kappa shape index (κ3) is 2.86. The van der Waals surface area contributed by atoms with Crippen molar-refractivity contribution in [3.05, 3.63) is 0 Å². The van der Waals surface area contributed by atoms with Gasteiger partial charge in [-0.15, -0.1) is 0 Å². The molecule has 0 heterocycles. The molecular formula is C24H36O5. The van der Waals surface area contributed by atoms with Crippen LogP contribution in [0.5, 0.6) is 0 Å². The highest BCUT2D eigenvalue weighted by Gasteiger charge is 2.69. The Kier molecular flexibility index (Phi) is 5.00. The summed E-state index contributed by atoms with van der Waals surface area (Å²) in [4.78, 5) is 36.3. The minimum atomic E-state index is -1.43. The predicted octanol–water partition coefficient (Wildman–Crippen LogP) is 3.71. The molecule has 5 nitrogen and oxygen atoms in total. The highest BCUT2D eigenvalue weighted by Crippen LogP contribution is 2.69. The van der Waals surface area contributed by atoms with Gasteiger partial charge in [-0.05, 0) is 73.5 Å².